The van der Waals surface area contributed by atoms with Crippen molar-refractivity contribution < 1.29 is 24.1 Å². The molecule has 1 aromatic rings. The van der Waals surface area contributed by atoms with E-state index in [4.69, 9.17) is 9.84 Å². The van der Waals surface area contributed by atoms with E-state index in [1.807, 2.05) is 0 Å². The first kappa shape index (κ1) is 24.4. The molecule has 0 saturated carbocycles. The van der Waals surface area contributed by atoms with E-state index in [0.717, 1.165) is 23.8 Å². The standard InChI is InChI=1S/C21H34FN3O5/c1-2-3-4-5-6-7-8-9-10-11-17(27)23-16-12-13-25(21(29)24-16)20-18(22)19(28)15(14-26)30-20/h12-13,15,18-20,26,28H,2-11,14H2,1H3,(H,23,24,27,29). The Kier molecular flexibility index (Phi) is 10.4. The van der Waals surface area contributed by atoms with E-state index >= 15 is 0 Å². The fraction of sp³-hybridized carbons (Fsp3) is 0.762. The highest BCUT2D eigenvalue weighted by molar-refractivity contribution is 5.89. The van der Waals surface area contributed by atoms with Crippen LogP contribution in [0.2, 0.25) is 0 Å². The lowest BCUT2D eigenvalue weighted by Gasteiger charge is -2.16. The Labute approximate surface area is 176 Å². The van der Waals surface area contributed by atoms with Gasteiger partial charge in [0.05, 0.1) is 6.61 Å². The van der Waals surface area contributed by atoms with E-state index in [1.54, 1.807) is 0 Å². The number of hydrogen-bond donors (Lipinski definition) is 3. The zero-order valence-corrected chi connectivity index (χ0v) is 17.6. The second-order valence-electron chi connectivity index (χ2n) is 7.81. The van der Waals surface area contributed by atoms with Crippen molar-refractivity contribution in [3.63, 3.8) is 0 Å². The van der Waals surface area contributed by atoms with Crippen LogP contribution in [0, 0.1) is 0 Å². The molecule has 2 heterocycles. The summed E-state index contributed by atoms with van der Waals surface area (Å²) >= 11 is 0. The lowest BCUT2D eigenvalue weighted by Crippen LogP contribution is -2.33. The largest absolute Gasteiger partial charge is 0.394 e. The molecule has 1 fully saturated rings. The van der Waals surface area contributed by atoms with Gasteiger partial charge in [0.1, 0.15) is 18.0 Å². The summed E-state index contributed by atoms with van der Waals surface area (Å²) in [6, 6.07) is 1.38. The van der Waals surface area contributed by atoms with Crippen LogP contribution in [-0.2, 0) is 9.53 Å². The van der Waals surface area contributed by atoms with Crippen LogP contribution in [0.1, 0.15) is 77.4 Å². The van der Waals surface area contributed by atoms with Gasteiger partial charge in [-0.25, -0.2) is 9.18 Å². The summed E-state index contributed by atoms with van der Waals surface area (Å²) < 4.78 is 20.3. The van der Waals surface area contributed by atoms with Gasteiger partial charge in [0.15, 0.2) is 12.4 Å². The fourth-order valence-corrected chi connectivity index (χ4v) is 3.56. The number of amides is 1. The number of aromatic nitrogens is 2. The Balaban J connectivity index is 1.73. The van der Waals surface area contributed by atoms with E-state index in [0.29, 0.717) is 6.42 Å². The van der Waals surface area contributed by atoms with Gasteiger partial charge in [0, 0.05) is 12.6 Å². The molecule has 9 heteroatoms. The summed E-state index contributed by atoms with van der Waals surface area (Å²) in [4.78, 5) is 28.0. The van der Waals surface area contributed by atoms with Crippen LogP contribution in [0.3, 0.4) is 0 Å². The van der Waals surface area contributed by atoms with Gasteiger partial charge in [-0.3, -0.25) is 9.36 Å². The van der Waals surface area contributed by atoms with E-state index in [2.05, 4.69) is 17.2 Å². The summed E-state index contributed by atoms with van der Waals surface area (Å²) in [7, 11) is 0. The van der Waals surface area contributed by atoms with Crippen molar-refractivity contribution in [3.05, 3.63) is 22.7 Å². The normalized spacial score (nSPS) is 23.6. The SMILES string of the molecule is CCCCCCCCCCCC(=O)Nc1ccn(C2OC(CO)C(O)C2F)c(=O)n1. The highest BCUT2D eigenvalue weighted by Gasteiger charge is 2.45. The molecular formula is C21H34FN3O5. The van der Waals surface area contributed by atoms with Crippen LogP contribution in [0.5, 0.6) is 0 Å². The monoisotopic (exact) mass is 427 g/mol. The average molecular weight is 428 g/mol. The topological polar surface area (TPSA) is 114 Å². The predicted molar refractivity (Wildman–Crippen MR) is 111 cm³/mol. The first-order chi connectivity index (χ1) is 14.5. The molecule has 170 valence electrons. The molecule has 1 amide bonds. The number of alkyl halides is 1. The van der Waals surface area contributed by atoms with Crippen LogP contribution in [0.15, 0.2) is 17.1 Å². The molecule has 0 bridgehead atoms. The Morgan fingerprint density at radius 2 is 1.83 bits per heavy atom. The molecule has 3 N–H and O–H groups in total. The van der Waals surface area contributed by atoms with Gasteiger partial charge in [0.2, 0.25) is 5.91 Å². The number of nitrogens with zero attached hydrogens (tertiary/aromatic N) is 2. The van der Waals surface area contributed by atoms with Gasteiger partial charge in [-0.15, -0.1) is 0 Å². The number of carbonyl (C=O) groups is 1. The molecule has 1 aliphatic heterocycles. The first-order valence-corrected chi connectivity index (χ1v) is 11.0. The molecule has 2 rings (SSSR count). The number of ether oxygens (including phenoxy) is 1. The van der Waals surface area contributed by atoms with Crippen LogP contribution < -0.4 is 11.0 Å². The van der Waals surface area contributed by atoms with Crippen molar-refractivity contribution in [1.82, 2.24) is 9.55 Å². The minimum Gasteiger partial charge on any atom is -0.394 e. The predicted octanol–water partition coefficient (Wildman–Crippen LogP) is 2.69. The third kappa shape index (κ3) is 7.14. The Morgan fingerprint density at radius 1 is 1.20 bits per heavy atom. The zero-order valence-electron chi connectivity index (χ0n) is 17.6. The number of hydrogen-bond acceptors (Lipinski definition) is 6. The van der Waals surface area contributed by atoms with Crippen LogP contribution in [0.4, 0.5) is 10.2 Å². The molecule has 1 aliphatic rings. The maximum atomic E-state index is 14.2. The molecule has 4 atom stereocenters. The number of nitrogens with one attached hydrogen (secondary N) is 1. The van der Waals surface area contributed by atoms with Gasteiger partial charge in [-0.2, -0.15) is 4.98 Å². The van der Waals surface area contributed by atoms with E-state index in [1.165, 1.54) is 50.8 Å². The molecule has 4 unspecified atom stereocenters. The number of aliphatic hydroxyl groups excluding tert-OH is 2. The highest BCUT2D eigenvalue weighted by Crippen LogP contribution is 2.30. The highest BCUT2D eigenvalue weighted by atomic mass is 19.1. The molecule has 0 aliphatic carbocycles. The van der Waals surface area contributed by atoms with Crippen molar-refractivity contribution in [2.24, 2.45) is 0 Å². The first-order valence-electron chi connectivity index (χ1n) is 11.0. The number of unbranched alkanes of at least 4 members (excludes halogenated alkanes) is 8. The van der Waals surface area contributed by atoms with Gasteiger partial charge in [-0.1, -0.05) is 58.3 Å². The smallest absolute Gasteiger partial charge is 0.351 e. The van der Waals surface area contributed by atoms with Crippen molar-refractivity contribution in [3.8, 4) is 0 Å². The van der Waals surface area contributed by atoms with Crippen LogP contribution >= 0.6 is 0 Å². The zero-order chi connectivity index (χ0) is 21.9. The molecule has 30 heavy (non-hydrogen) atoms. The van der Waals surface area contributed by atoms with Gasteiger partial charge in [0.25, 0.3) is 0 Å². The number of halogens is 1. The van der Waals surface area contributed by atoms with Gasteiger partial charge >= 0.3 is 5.69 Å². The van der Waals surface area contributed by atoms with Gasteiger partial charge in [-0.05, 0) is 12.5 Å². The van der Waals surface area contributed by atoms with Crippen LogP contribution in [-0.4, -0.2) is 50.7 Å². The number of anilines is 1. The Morgan fingerprint density at radius 3 is 2.40 bits per heavy atom. The molecular weight excluding hydrogens is 393 g/mol. The summed E-state index contributed by atoms with van der Waals surface area (Å²) in [5.74, 6) is -0.135. The summed E-state index contributed by atoms with van der Waals surface area (Å²) in [5, 5.41) is 21.4. The minimum absolute atomic E-state index is 0.0878. The van der Waals surface area contributed by atoms with Crippen molar-refractivity contribution >= 4 is 11.7 Å². The van der Waals surface area contributed by atoms with Crippen molar-refractivity contribution in [2.75, 3.05) is 11.9 Å². The quantitative estimate of drug-likeness (QED) is 0.417. The number of rotatable bonds is 13. The average Bonchev–Trinajstić information content (AvgIpc) is 3.01. The maximum absolute atomic E-state index is 14.2. The van der Waals surface area contributed by atoms with E-state index < -0.39 is 36.9 Å². The number of carbonyl (C=O) groups excluding carboxylic acids is 1. The summed E-state index contributed by atoms with van der Waals surface area (Å²) in [5.41, 5.74) is -0.811. The lowest BCUT2D eigenvalue weighted by molar-refractivity contribution is -0.116. The third-order valence-corrected chi connectivity index (χ3v) is 5.35. The minimum atomic E-state index is -1.87. The van der Waals surface area contributed by atoms with Crippen molar-refractivity contribution in [1.29, 1.82) is 0 Å². The van der Waals surface area contributed by atoms with E-state index in [-0.39, 0.29) is 11.7 Å². The van der Waals surface area contributed by atoms with Gasteiger partial charge < -0.3 is 20.3 Å². The second kappa shape index (κ2) is 12.8. The molecule has 0 spiro atoms. The molecule has 0 radical (unpaired) electrons. The molecule has 1 saturated heterocycles. The van der Waals surface area contributed by atoms with Crippen molar-refractivity contribution in [2.45, 2.75) is 95.7 Å². The second-order valence-corrected chi connectivity index (χ2v) is 7.81. The lowest BCUT2D eigenvalue weighted by atomic mass is 10.1. The maximum Gasteiger partial charge on any atom is 0.351 e. The molecule has 1 aromatic heterocycles. The third-order valence-electron chi connectivity index (χ3n) is 5.35. The summed E-state index contributed by atoms with van der Waals surface area (Å²) in [6.45, 7) is 1.64. The fourth-order valence-electron chi connectivity index (χ4n) is 3.56. The number of aliphatic hydroxyl groups is 2. The Hall–Kier alpha value is -1.84. The molecule has 8 nitrogen and oxygen atoms in total. The van der Waals surface area contributed by atoms with Crippen LogP contribution in [0.25, 0.3) is 0 Å². The van der Waals surface area contributed by atoms with E-state index in [9.17, 15) is 19.1 Å². The molecule has 0 aromatic carbocycles. The Bertz CT molecular complexity index is 714. The summed E-state index contributed by atoms with van der Waals surface area (Å²) in [6.07, 6.45) is 6.17.